The fraction of sp³-hybridized carbons (Fsp3) is 0.611. The molecule has 1 aliphatic heterocycles. The van der Waals surface area contributed by atoms with E-state index in [1.165, 1.54) is 16.3 Å². The zero-order chi connectivity index (χ0) is 17.0. The first-order chi connectivity index (χ1) is 11.6. The van der Waals surface area contributed by atoms with Crippen LogP contribution in [0.5, 0.6) is 0 Å². The summed E-state index contributed by atoms with van der Waals surface area (Å²) >= 11 is 0. The molecule has 0 saturated carbocycles. The summed E-state index contributed by atoms with van der Waals surface area (Å²) in [5, 5.41) is 8.91. The van der Waals surface area contributed by atoms with Gasteiger partial charge in [-0.25, -0.2) is 8.42 Å². The number of sulfonamides is 1. The van der Waals surface area contributed by atoms with Crippen LogP contribution < -0.4 is 0 Å². The number of rotatable bonds is 5. The van der Waals surface area contributed by atoms with Crippen LogP contribution in [0, 0.1) is 11.3 Å². The molecule has 1 aromatic rings. The highest BCUT2D eigenvalue weighted by Crippen LogP contribution is 2.28. The maximum Gasteiger partial charge on any atom is 0.243 e. The van der Waals surface area contributed by atoms with Gasteiger partial charge in [0, 0.05) is 32.2 Å². The van der Waals surface area contributed by atoms with Crippen molar-refractivity contribution in [1.82, 2.24) is 4.31 Å². The number of aryl methyl sites for hydroxylation is 2. The summed E-state index contributed by atoms with van der Waals surface area (Å²) in [5.74, 6) is 0. The van der Waals surface area contributed by atoms with Gasteiger partial charge >= 0.3 is 0 Å². The van der Waals surface area contributed by atoms with Crippen LogP contribution in [0.15, 0.2) is 23.1 Å². The molecule has 0 radical (unpaired) electrons. The highest BCUT2D eigenvalue weighted by Gasteiger charge is 2.32. The summed E-state index contributed by atoms with van der Waals surface area (Å²) in [5.41, 5.74) is 2.43. The van der Waals surface area contributed by atoms with Gasteiger partial charge in [-0.05, 0) is 61.8 Å². The molecule has 130 valence electrons. The van der Waals surface area contributed by atoms with E-state index in [-0.39, 0.29) is 19.0 Å². The van der Waals surface area contributed by atoms with Crippen molar-refractivity contribution >= 4 is 10.0 Å². The van der Waals surface area contributed by atoms with E-state index in [1.807, 2.05) is 12.1 Å². The van der Waals surface area contributed by atoms with Crippen LogP contribution >= 0.6 is 0 Å². The summed E-state index contributed by atoms with van der Waals surface area (Å²) in [6, 6.07) is 7.55. The molecular formula is C18H24N2O3S. The first kappa shape index (κ1) is 17.4. The van der Waals surface area contributed by atoms with Crippen LogP contribution in [0.4, 0.5) is 0 Å². The summed E-state index contributed by atoms with van der Waals surface area (Å²) in [7, 11) is -3.58. The van der Waals surface area contributed by atoms with E-state index in [2.05, 4.69) is 6.07 Å². The Hall–Kier alpha value is -1.42. The minimum Gasteiger partial charge on any atom is -0.381 e. The molecule has 0 spiro atoms. The third-order valence-electron chi connectivity index (χ3n) is 4.97. The van der Waals surface area contributed by atoms with E-state index in [4.69, 9.17) is 10.00 Å². The van der Waals surface area contributed by atoms with Gasteiger partial charge in [-0.15, -0.1) is 0 Å². The second-order valence-electron chi connectivity index (χ2n) is 6.51. The average molecular weight is 348 g/mol. The molecule has 0 atom stereocenters. The fourth-order valence-electron chi connectivity index (χ4n) is 3.64. The lowest BCUT2D eigenvalue weighted by atomic mass is 9.92. The van der Waals surface area contributed by atoms with Gasteiger partial charge in [0.2, 0.25) is 10.0 Å². The van der Waals surface area contributed by atoms with Crippen LogP contribution in [0.2, 0.25) is 0 Å². The zero-order valence-corrected chi connectivity index (χ0v) is 14.7. The molecule has 0 bridgehead atoms. The SMILES string of the molecule is N#CCCN(C1CCOCC1)S(=O)(=O)c1ccc2c(c1)CCCC2. The normalized spacial score (nSPS) is 19.0. The topological polar surface area (TPSA) is 70.4 Å². The number of nitriles is 1. The third kappa shape index (κ3) is 3.64. The summed E-state index contributed by atoms with van der Waals surface area (Å²) in [4.78, 5) is 0.368. The van der Waals surface area contributed by atoms with Crippen LogP contribution in [0.3, 0.4) is 0 Å². The molecule has 1 fully saturated rings. The highest BCUT2D eigenvalue weighted by atomic mass is 32.2. The first-order valence-corrected chi connectivity index (χ1v) is 10.2. The second kappa shape index (κ2) is 7.64. The molecule has 2 aliphatic rings. The minimum absolute atomic E-state index is 0.0758. The Morgan fingerprint density at radius 1 is 1.17 bits per heavy atom. The number of hydrogen-bond acceptors (Lipinski definition) is 4. The van der Waals surface area contributed by atoms with Gasteiger partial charge in [0.15, 0.2) is 0 Å². The monoisotopic (exact) mass is 348 g/mol. The van der Waals surface area contributed by atoms with Gasteiger partial charge in [0.05, 0.1) is 11.0 Å². The Labute approximate surface area is 144 Å². The van der Waals surface area contributed by atoms with Crippen LogP contribution in [-0.4, -0.2) is 38.5 Å². The highest BCUT2D eigenvalue weighted by molar-refractivity contribution is 7.89. The molecule has 0 N–H and O–H groups in total. The number of benzene rings is 1. The summed E-state index contributed by atoms with van der Waals surface area (Å²) in [6.45, 7) is 1.40. The molecule has 0 unspecified atom stereocenters. The van der Waals surface area contributed by atoms with E-state index in [1.54, 1.807) is 6.07 Å². The van der Waals surface area contributed by atoms with Crippen molar-refractivity contribution < 1.29 is 13.2 Å². The van der Waals surface area contributed by atoms with Crippen molar-refractivity contribution in [3.63, 3.8) is 0 Å². The van der Waals surface area contributed by atoms with E-state index >= 15 is 0 Å². The van der Waals surface area contributed by atoms with Gasteiger partial charge in [-0.3, -0.25) is 0 Å². The Balaban J connectivity index is 1.91. The van der Waals surface area contributed by atoms with Gasteiger partial charge in [0.25, 0.3) is 0 Å². The second-order valence-corrected chi connectivity index (χ2v) is 8.40. The Morgan fingerprint density at radius 3 is 2.58 bits per heavy atom. The molecule has 1 aliphatic carbocycles. The third-order valence-corrected chi connectivity index (χ3v) is 6.92. The number of fused-ring (bicyclic) bond motifs is 1. The maximum absolute atomic E-state index is 13.2. The number of ether oxygens (including phenoxy) is 1. The summed E-state index contributed by atoms with van der Waals surface area (Å²) in [6.07, 6.45) is 5.87. The van der Waals surface area contributed by atoms with Gasteiger partial charge in [-0.1, -0.05) is 6.07 Å². The predicted octanol–water partition coefficient (Wildman–Crippen LogP) is 2.65. The van der Waals surface area contributed by atoms with Crippen LogP contribution in [0.25, 0.3) is 0 Å². The van der Waals surface area contributed by atoms with E-state index in [0.29, 0.717) is 31.0 Å². The zero-order valence-electron chi connectivity index (χ0n) is 13.9. The molecule has 1 heterocycles. The van der Waals surface area contributed by atoms with Crippen LogP contribution in [-0.2, 0) is 27.6 Å². The lowest BCUT2D eigenvalue weighted by molar-refractivity contribution is 0.0588. The van der Waals surface area contributed by atoms with E-state index < -0.39 is 10.0 Å². The first-order valence-electron chi connectivity index (χ1n) is 8.71. The summed E-state index contributed by atoms with van der Waals surface area (Å²) < 4.78 is 33.3. The van der Waals surface area contributed by atoms with Crippen molar-refractivity contribution in [2.45, 2.75) is 55.9 Å². The predicted molar refractivity (Wildman–Crippen MR) is 91.0 cm³/mol. The largest absolute Gasteiger partial charge is 0.381 e. The fourth-order valence-corrected chi connectivity index (χ4v) is 5.37. The van der Waals surface area contributed by atoms with Gasteiger partial charge in [-0.2, -0.15) is 9.57 Å². The molecule has 5 nitrogen and oxygen atoms in total. The van der Waals surface area contributed by atoms with Crippen molar-refractivity contribution in [2.24, 2.45) is 0 Å². The van der Waals surface area contributed by atoms with Crippen molar-refractivity contribution in [3.8, 4) is 6.07 Å². The van der Waals surface area contributed by atoms with Crippen LogP contribution in [0.1, 0.15) is 43.2 Å². The van der Waals surface area contributed by atoms with Crippen molar-refractivity contribution in [3.05, 3.63) is 29.3 Å². The molecule has 1 saturated heterocycles. The number of nitrogens with zero attached hydrogens (tertiary/aromatic N) is 2. The molecule has 3 rings (SSSR count). The molecule has 6 heteroatoms. The molecule has 0 aromatic heterocycles. The Bertz CT molecular complexity index is 718. The molecule has 0 amide bonds. The van der Waals surface area contributed by atoms with Crippen molar-refractivity contribution in [1.29, 1.82) is 5.26 Å². The van der Waals surface area contributed by atoms with E-state index in [9.17, 15) is 8.42 Å². The molecule has 1 aromatic carbocycles. The average Bonchev–Trinajstić information content (AvgIpc) is 2.62. The van der Waals surface area contributed by atoms with E-state index in [0.717, 1.165) is 24.8 Å². The Morgan fingerprint density at radius 2 is 1.88 bits per heavy atom. The van der Waals surface area contributed by atoms with Crippen molar-refractivity contribution in [2.75, 3.05) is 19.8 Å². The molecular weight excluding hydrogens is 324 g/mol. The standard InChI is InChI=1S/C18H24N2O3S/c19-10-3-11-20(17-8-12-23-13-9-17)24(21,22)18-7-6-15-4-1-2-5-16(15)14-18/h6-7,14,17H,1-5,8-9,11-13H2. The maximum atomic E-state index is 13.2. The minimum atomic E-state index is -3.58. The number of hydrogen-bond donors (Lipinski definition) is 0. The van der Waals surface area contributed by atoms with Gasteiger partial charge < -0.3 is 4.74 Å². The lowest BCUT2D eigenvalue weighted by Gasteiger charge is -2.33. The smallest absolute Gasteiger partial charge is 0.243 e. The van der Waals surface area contributed by atoms with Gasteiger partial charge in [0.1, 0.15) is 0 Å². The quantitative estimate of drug-likeness (QED) is 0.820. The molecule has 24 heavy (non-hydrogen) atoms. The lowest BCUT2D eigenvalue weighted by Crippen LogP contribution is -2.43. The Kier molecular flexibility index (Phi) is 5.54.